The number of aryl methyl sites for hydroxylation is 2. The van der Waals surface area contributed by atoms with Crippen LogP contribution in [0, 0.1) is 12.8 Å². The first-order valence-corrected chi connectivity index (χ1v) is 14.1. The SMILES string of the molecule is C=C(C)C(=O)OCCc1cc(-c2ccc(C3CCC(CCCCC)CC3)cc2C)ccc1CCCO. The first kappa shape index (κ1) is 28.2. The average molecular weight is 491 g/mol. The van der Waals surface area contributed by atoms with Gasteiger partial charge in [0.2, 0.25) is 0 Å². The molecule has 1 N–H and O–H groups in total. The molecule has 0 radical (unpaired) electrons. The summed E-state index contributed by atoms with van der Waals surface area (Å²) in [6.45, 7) is 10.3. The number of aliphatic hydroxyl groups excluding tert-OH is 1. The second-order valence-electron chi connectivity index (χ2n) is 10.8. The van der Waals surface area contributed by atoms with Gasteiger partial charge in [0.1, 0.15) is 0 Å². The van der Waals surface area contributed by atoms with Crippen molar-refractivity contribution in [2.75, 3.05) is 13.2 Å². The first-order valence-electron chi connectivity index (χ1n) is 14.1. The Morgan fingerprint density at radius 3 is 2.44 bits per heavy atom. The van der Waals surface area contributed by atoms with E-state index in [0.29, 0.717) is 24.5 Å². The lowest BCUT2D eigenvalue weighted by Crippen LogP contribution is -2.13. The number of hydrogen-bond donors (Lipinski definition) is 1. The molecule has 0 heterocycles. The molecule has 36 heavy (non-hydrogen) atoms. The molecular weight excluding hydrogens is 444 g/mol. The van der Waals surface area contributed by atoms with Gasteiger partial charge in [0.25, 0.3) is 0 Å². The van der Waals surface area contributed by atoms with E-state index in [4.69, 9.17) is 4.74 Å². The van der Waals surface area contributed by atoms with Gasteiger partial charge in [-0.05, 0) is 97.6 Å². The smallest absolute Gasteiger partial charge is 0.333 e. The largest absolute Gasteiger partial charge is 0.462 e. The molecule has 0 saturated heterocycles. The molecule has 0 aromatic heterocycles. The number of hydrogen-bond acceptors (Lipinski definition) is 3. The van der Waals surface area contributed by atoms with Crippen molar-refractivity contribution in [1.29, 1.82) is 0 Å². The Labute approximate surface area is 219 Å². The van der Waals surface area contributed by atoms with Crippen LogP contribution in [0.4, 0.5) is 0 Å². The number of carbonyl (C=O) groups is 1. The van der Waals surface area contributed by atoms with Crippen molar-refractivity contribution in [1.82, 2.24) is 0 Å². The van der Waals surface area contributed by atoms with Gasteiger partial charge in [-0.1, -0.05) is 75.6 Å². The molecule has 3 nitrogen and oxygen atoms in total. The van der Waals surface area contributed by atoms with Crippen LogP contribution in [0.25, 0.3) is 11.1 Å². The maximum absolute atomic E-state index is 11.8. The Morgan fingerprint density at radius 1 is 1.00 bits per heavy atom. The predicted octanol–water partition coefficient (Wildman–Crippen LogP) is 8.10. The van der Waals surface area contributed by atoms with Gasteiger partial charge < -0.3 is 9.84 Å². The molecular formula is C33H46O3. The Morgan fingerprint density at radius 2 is 1.78 bits per heavy atom. The lowest BCUT2D eigenvalue weighted by Gasteiger charge is -2.29. The molecule has 0 atom stereocenters. The molecule has 2 aromatic rings. The van der Waals surface area contributed by atoms with Crippen LogP contribution >= 0.6 is 0 Å². The van der Waals surface area contributed by atoms with E-state index < -0.39 is 0 Å². The zero-order valence-electron chi connectivity index (χ0n) is 22.8. The van der Waals surface area contributed by atoms with Gasteiger partial charge >= 0.3 is 5.97 Å². The summed E-state index contributed by atoms with van der Waals surface area (Å²) in [4.78, 5) is 11.8. The maximum atomic E-state index is 11.8. The molecule has 0 unspecified atom stereocenters. The van der Waals surface area contributed by atoms with Crippen molar-refractivity contribution < 1.29 is 14.6 Å². The van der Waals surface area contributed by atoms with E-state index in [0.717, 1.165) is 18.8 Å². The summed E-state index contributed by atoms with van der Waals surface area (Å²) in [6, 6.07) is 13.7. The zero-order valence-corrected chi connectivity index (χ0v) is 22.8. The van der Waals surface area contributed by atoms with Crippen LogP contribution in [0.2, 0.25) is 0 Å². The summed E-state index contributed by atoms with van der Waals surface area (Å²) < 4.78 is 5.37. The van der Waals surface area contributed by atoms with Crippen LogP contribution < -0.4 is 0 Å². The molecule has 3 heteroatoms. The summed E-state index contributed by atoms with van der Waals surface area (Å²) in [5.74, 6) is 1.29. The highest BCUT2D eigenvalue weighted by Gasteiger charge is 2.22. The van der Waals surface area contributed by atoms with Gasteiger partial charge in [0.15, 0.2) is 0 Å². The van der Waals surface area contributed by atoms with Crippen LogP contribution in [-0.2, 0) is 22.4 Å². The molecule has 0 amide bonds. The Hall–Kier alpha value is -2.39. The van der Waals surface area contributed by atoms with Crippen molar-refractivity contribution in [2.45, 2.75) is 97.3 Å². The minimum absolute atomic E-state index is 0.174. The fraction of sp³-hybridized carbons (Fsp3) is 0.545. The quantitative estimate of drug-likeness (QED) is 0.175. The van der Waals surface area contributed by atoms with E-state index in [2.05, 4.69) is 56.8 Å². The van der Waals surface area contributed by atoms with Crippen LogP contribution in [0.1, 0.15) is 99.8 Å². The van der Waals surface area contributed by atoms with Crippen LogP contribution in [-0.4, -0.2) is 24.3 Å². The highest BCUT2D eigenvalue weighted by Crippen LogP contribution is 2.39. The van der Waals surface area contributed by atoms with E-state index >= 15 is 0 Å². The maximum Gasteiger partial charge on any atom is 0.333 e. The minimum atomic E-state index is -0.343. The Balaban J connectivity index is 1.70. The lowest BCUT2D eigenvalue weighted by atomic mass is 9.76. The normalized spacial score (nSPS) is 17.7. The van der Waals surface area contributed by atoms with Crippen molar-refractivity contribution >= 4 is 5.97 Å². The Kier molecular flexibility index (Phi) is 11.3. The van der Waals surface area contributed by atoms with Crippen LogP contribution in [0.3, 0.4) is 0 Å². The Bertz CT molecular complexity index is 998. The highest BCUT2D eigenvalue weighted by molar-refractivity contribution is 5.86. The third-order valence-electron chi connectivity index (χ3n) is 7.86. The fourth-order valence-corrected chi connectivity index (χ4v) is 5.65. The minimum Gasteiger partial charge on any atom is -0.462 e. The van der Waals surface area contributed by atoms with Gasteiger partial charge in [-0.2, -0.15) is 0 Å². The van der Waals surface area contributed by atoms with Crippen molar-refractivity contribution in [3.05, 3.63) is 70.8 Å². The average Bonchev–Trinajstić information content (AvgIpc) is 2.88. The summed E-state index contributed by atoms with van der Waals surface area (Å²) in [5.41, 5.74) is 8.10. The molecule has 0 aliphatic heterocycles. The summed E-state index contributed by atoms with van der Waals surface area (Å²) >= 11 is 0. The molecule has 1 saturated carbocycles. The third kappa shape index (κ3) is 8.06. The predicted molar refractivity (Wildman–Crippen MR) is 150 cm³/mol. The van der Waals surface area contributed by atoms with Crippen molar-refractivity contribution in [3.8, 4) is 11.1 Å². The molecule has 1 fully saturated rings. The molecule has 0 spiro atoms. The van der Waals surface area contributed by atoms with Crippen LogP contribution in [0.15, 0.2) is 48.6 Å². The summed E-state index contributed by atoms with van der Waals surface area (Å²) in [7, 11) is 0. The molecule has 3 rings (SSSR count). The number of esters is 1. The monoisotopic (exact) mass is 490 g/mol. The van der Waals surface area contributed by atoms with Gasteiger partial charge in [-0.3, -0.25) is 0 Å². The number of aliphatic hydroxyl groups is 1. The van der Waals surface area contributed by atoms with E-state index in [1.54, 1.807) is 6.92 Å². The van der Waals surface area contributed by atoms with Gasteiger partial charge in [-0.25, -0.2) is 4.79 Å². The topological polar surface area (TPSA) is 46.5 Å². The number of rotatable bonds is 13. The molecule has 0 bridgehead atoms. The second kappa shape index (κ2) is 14.4. The first-order chi connectivity index (χ1) is 17.4. The lowest BCUT2D eigenvalue weighted by molar-refractivity contribution is -0.138. The number of carbonyl (C=O) groups excluding carboxylic acids is 1. The van der Waals surface area contributed by atoms with Gasteiger partial charge in [-0.15, -0.1) is 0 Å². The number of benzene rings is 2. The zero-order chi connectivity index (χ0) is 25.9. The van der Waals surface area contributed by atoms with Gasteiger partial charge in [0.05, 0.1) is 6.61 Å². The standard InChI is InChI=1S/C33H46O3/c1-5-6-7-9-26-11-13-28(14-12-26)29-17-18-32(25(4)22-29)31-16-15-27(10-8-20-34)30(23-31)19-21-36-33(35)24(2)3/h15-18,22-23,26,28,34H,2,5-14,19-21H2,1,3-4H3. The van der Waals surface area contributed by atoms with Crippen molar-refractivity contribution in [3.63, 3.8) is 0 Å². The summed E-state index contributed by atoms with van der Waals surface area (Å²) in [6.07, 6.45) is 13.1. The van der Waals surface area contributed by atoms with Gasteiger partial charge in [0, 0.05) is 18.6 Å². The molecule has 196 valence electrons. The second-order valence-corrected chi connectivity index (χ2v) is 10.8. The van der Waals surface area contributed by atoms with E-state index in [9.17, 15) is 9.90 Å². The fourth-order valence-electron chi connectivity index (χ4n) is 5.65. The number of unbranched alkanes of at least 4 members (excludes halogenated alkanes) is 2. The number of ether oxygens (including phenoxy) is 1. The molecule has 1 aliphatic rings. The van der Waals surface area contributed by atoms with E-state index in [1.807, 2.05) is 0 Å². The van der Waals surface area contributed by atoms with E-state index in [1.165, 1.54) is 84.7 Å². The molecule has 1 aliphatic carbocycles. The third-order valence-corrected chi connectivity index (χ3v) is 7.86. The van der Waals surface area contributed by atoms with E-state index in [-0.39, 0.29) is 12.6 Å². The highest BCUT2D eigenvalue weighted by atomic mass is 16.5. The molecule has 2 aromatic carbocycles. The van der Waals surface area contributed by atoms with Crippen molar-refractivity contribution in [2.24, 2.45) is 5.92 Å². The van der Waals surface area contributed by atoms with Crippen LogP contribution in [0.5, 0.6) is 0 Å². The summed E-state index contributed by atoms with van der Waals surface area (Å²) in [5, 5.41) is 9.31.